The lowest BCUT2D eigenvalue weighted by molar-refractivity contribution is 0.198. The van der Waals surface area contributed by atoms with Crippen LogP contribution in [0.25, 0.3) is 11.3 Å². The van der Waals surface area contributed by atoms with Crippen LogP contribution in [-0.4, -0.2) is 42.0 Å². The number of nitrogens with zero attached hydrogens (tertiary/aromatic N) is 3. The van der Waals surface area contributed by atoms with E-state index >= 15 is 0 Å². The first-order valence-electron chi connectivity index (χ1n) is 11.0. The van der Waals surface area contributed by atoms with Gasteiger partial charge in [-0.15, -0.1) is 0 Å². The van der Waals surface area contributed by atoms with Gasteiger partial charge in [-0.1, -0.05) is 54.6 Å². The minimum atomic E-state index is 0.457. The molecule has 1 aliphatic rings. The molecule has 0 aliphatic carbocycles. The molecule has 0 spiro atoms. The highest BCUT2D eigenvalue weighted by atomic mass is 15.2. The van der Waals surface area contributed by atoms with E-state index in [0.717, 1.165) is 56.2 Å². The Hall–Kier alpha value is -3.18. The first kappa shape index (κ1) is 21.1. The highest BCUT2D eigenvalue weighted by Crippen LogP contribution is 2.18. The van der Waals surface area contributed by atoms with Crippen molar-refractivity contribution in [1.29, 1.82) is 0 Å². The third-order valence-corrected chi connectivity index (χ3v) is 5.75. The van der Waals surface area contributed by atoms with Gasteiger partial charge >= 0.3 is 0 Å². The van der Waals surface area contributed by atoms with Crippen LogP contribution < -0.4 is 10.6 Å². The van der Waals surface area contributed by atoms with Crippen molar-refractivity contribution in [3.8, 4) is 11.3 Å². The molecule has 5 heteroatoms. The summed E-state index contributed by atoms with van der Waals surface area (Å²) in [6.45, 7) is 3.98. The number of aromatic nitrogens is 1. The molecule has 1 fully saturated rings. The van der Waals surface area contributed by atoms with Gasteiger partial charge in [-0.25, -0.2) is 0 Å². The van der Waals surface area contributed by atoms with Crippen LogP contribution in [0.5, 0.6) is 0 Å². The molecule has 0 atom stereocenters. The van der Waals surface area contributed by atoms with Crippen LogP contribution in [0.15, 0.2) is 84.0 Å². The van der Waals surface area contributed by atoms with E-state index < -0.39 is 0 Å². The first-order valence-corrected chi connectivity index (χ1v) is 11.0. The molecular formula is C26H31N5. The smallest absolute Gasteiger partial charge is 0.191 e. The van der Waals surface area contributed by atoms with Gasteiger partial charge in [0.2, 0.25) is 0 Å². The fourth-order valence-electron chi connectivity index (χ4n) is 4.02. The predicted molar refractivity (Wildman–Crippen MR) is 128 cm³/mol. The maximum atomic E-state index is 4.45. The average molecular weight is 414 g/mol. The lowest BCUT2D eigenvalue weighted by Crippen LogP contribution is -2.48. The van der Waals surface area contributed by atoms with E-state index in [1.54, 1.807) is 0 Å². The number of likely N-dealkylation sites (tertiary alicyclic amines) is 1. The Labute approximate surface area is 185 Å². The minimum Gasteiger partial charge on any atom is -0.354 e. The zero-order chi connectivity index (χ0) is 21.3. The van der Waals surface area contributed by atoms with E-state index in [0.29, 0.717) is 6.04 Å². The molecule has 2 heterocycles. The SMILES string of the molecule is CN=C(NCc1cccc(-c2ccccn2)c1)NC1CCN(Cc2ccccc2)CC1. The monoisotopic (exact) mass is 413 g/mol. The van der Waals surface area contributed by atoms with Gasteiger partial charge in [0.05, 0.1) is 5.69 Å². The molecule has 3 aromatic rings. The van der Waals surface area contributed by atoms with E-state index in [4.69, 9.17) is 0 Å². The maximum absolute atomic E-state index is 4.45. The zero-order valence-electron chi connectivity index (χ0n) is 18.2. The highest BCUT2D eigenvalue weighted by molar-refractivity contribution is 5.80. The second-order valence-corrected chi connectivity index (χ2v) is 8.02. The molecule has 2 aromatic carbocycles. The second-order valence-electron chi connectivity index (χ2n) is 8.02. The quantitative estimate of drug-likeness (QED) is 0.472. The van der Waals surface area contributed by atoms with Crippen LogP contribution in [0.3, 0.4) is 0 Å². The lowest BCUT2D eigenvalue weighted by Gasteiger charge is -2.33. The van der Waals surface area contributed by atoms with Gasteiger partial charge in [-0.05, 0) is 42.2 Å². The summed E-state index contributed by atoms with van der Waals surface area (Å²) in [6.07, 6.45) is 4.09. The number of piperidine rings is 1. The molecule has 2 N–H and O–H groups in total. The van der Waals surface area contributed by atoms with Gasteiger partial charge < -0.3 is 10.6 Å². The van der Waals surface area contributed by atoms with Gasteiger partial charge in [0.25, 0.3) is 0 Å². The number of hydrogen-bond donors (Lipinski definition) is 2. The molecule has 0 amide bonds. The number of benzene rings is 2. The summed E-state index contributed by atoms with van der Waals surface area (Å²) >= 11 is 0. The normalized spacial score (nSPS) is 15.6. The van der Waals surface area contributed by atoms with Crippen molar-refractivity contribution in [3.63, 3.8) is 0 Å². The fourth-order valence-corrected chi connectivity index (χ4v) is 4.02. The number of aliphatic imine (C=N–C) groups is 1. The van der Waals surface area contributed by atoms with Crippen LogP contribution in [0.1, 0.15) is 24.0 Å². The van der Waals surface area contributed by atoms with E-state index in [1.165, 1.54) is 11.1 Å². The van der Waals surface area contributed by atoms with Crippen LogP contribution in [0.2, 0.25) is 0 Å². The Kier molecular flexibility index (Phi) is 7.29. The predicted octanol–water partition coefficient (Wildman–Crippen LogP) is 4.08. The van der Waals surface area contributed by atoms with E-state index in [-0.39, 0.29) is 0 Å². The molecule has 0 saturated carbocycles. The Morgan fingerprint density at radius 3 is 2.48 bits per heavy atom. The Morgan fingerprint density at radius 1 is 0.968 bits per heavy atom. The van der Waals surface area contributed by atoms with Gasteiger partial charge in [0, 0.05) is 51.0 Å². The molecule has 5 nitrogen and oxygen atoms in total. The molecule has 0 radical (unpaired) electrons. The van der Waals surface area contributed by atoms with Gasteiger partial charge in [-0.2, -0.15) is 0 Å². The van der Waals surface area contributed by atoms with Crippen molar-refractivity contribution in [2.75, 3.05) is 20.1 Å². The number of guanidine groups is 1. The molecule has 1 saturated heterocycles. The molecule has 0 unspecified atom stereocenters. The summed E-state index contributed by atoms with van der Waals surface area (Å²) in [5.74, 6) is 0.866. The van der Waals surface area contributed by atoms with E-state index in [1.807, 2.05) is 31.4 Å². The standard InChI is InChI=1S/C26H31N5/c1-27-26(29-19-22-10-7-11-23(18-22)25-12-5-6-15-28-25)30-24-13-16-31(17-14-24)20-21-8-3-2-4-9-21/h2-12,15,18,24H,13-14,16-17,19-20H2,1H3,(H2,27,29,30). The topological polar surface area (TPSA) is 52.6 Å². The van der Waals surface area contributed by atoms with Crippen molar-refractivity contribution in [2.24, 2.45) is 4.99 Å². The Morgan fingerprint density at radius 2 is 1.74 bits per heavy atom. The van der Waals surface area contributed by atoms with Crippen LogP contribution in [-0.2, 0) is 13.1 Å². The van der Waals surface area contributed by atoms with Gasteiger partial charge in [0.1, 0.15) is 0 Å². The highest BCUT2D eigenvalue weighted by Gasteiger charge is 2.20. The van der Waals surface area contributed by atoms with Gasteiger partial charge in [0.15, 0.2) is 5.96 Å². The molecular weight excluding hydrogens is 382 g/mol. The Bertz CT molecular complexity index is 963. The van der Waals surface area contributed by atoms with Crippen molar-refractivity contribution >= 4 is 5.96 Å². The summed E-state index contributed by atoms with van der Waals surface area (Å²) in [6, 6.07) is 25.7. The van der Waals surface area contributed by atoms with Crippen LogP contribution in [0.4, 0.5) is 0 Å². The molecule has 1 aliphatic heterocycles. The number of nitrogens with one attached hydrogen (secondary N) is 2. The lowest BCUT2D eigenvalue weighted by atomic mass is 10.0. The Balaban J connectivity index is 1.25. The second kappa shape index (κ2) is 10.7. The molecule has 1 aromatic heterocycles. The third kappa shape index (κ3) is 6.15. The summed E-state index contributed by atoms with van der Waals surface area (Å²) in [4.78, 5) is 11.4. The van der Waals surface area contributed by atoms with Crippen molar-refractivity contribution < 1.29 is 0 Å². The zero-order valence-corrected chi connectivity index (χ0v) is 18.2. The third-order valence-electron chi connectivity index (χ3n) is 5.75. The van der Waals surface area contributed by atoms with Crippen LogP contribution >= 0.6 is 0 Å². The molecule has 0 bridgehead atoms. The summed E-state index contributed by atoms with van der Waals surface area (Å²) in [7, 11) is 1.84. The summed E-state index contributed by atoms with van der Waals surface area (Å²) in [5.41, 5.74) is 4.73. The number of rotatable bonds is 6. The molecule has 31 heavy (non-hydrogen) atoms. The molecule has 160 valence electrons. The number of pyridine rings is 1. The van der Waals surface area contributed by atoms with Crippen molar-refractivity contribution in [3.05, 3.63) is 90.1 Å². The van der Waals surface area contributed by atoms with E-state index in [2.05, 4.69) is 80.1 Å². The van der Waals surface area contributed by atoms with E-state index in [9.17, 15) is 0 Å². The minimum absolute atomic E-state index is 0.457. The average Bonchev–Trinajstić information content (AvgIpc) is 2.84. The summed E-state index contributed by atoms with van der Waals surface area (Å²) in [5, 5.41) is 7.07. The first-order chi connectivity index (χ1) is 15.3. The summed E-state index contributed by atoms with van der Waals surface area (Å²) < 4.78 is 0. The molecule has 4 rings (SSSR count). The maximum Gasteiger partial charge on any atom is 0.191 e. The van der Waals surface area contributed by atoms with Crippen LogP contribution in [0, 0.1) is 0 Å². The van der Waals surface area contributed by atoms with Gasteiger partial charge in [-0.3, -0.25) is 14.9 Å². The van der Waals surface area contributed by atoms with Crippen molar-refractivity contribution in [1.82, 2.24) is 20.5 Å². The fraction of sp³-hybridized carbons (Fsp3) is 0.308. The van der Waals surface area contributed by atoms with Crippen molar-refractivity contribution in [2.45, 2.75) is 32.0 Å². The largest absolute Gasteiger partial charge is 0.354 e. The number of hydrogen-bond acceptors (Lipinski definition) is 3.